The van der Waals surface area contributed by atoms with Crippen LogP contribution in [0.5, 0.6) is 5.75 Å². The van der Waals surface area contributed by atoms with E-state index in [0.29, 0.717) is 12.5 Å². The Bertz CT molecular complexity index is 388. The van der Waals surface area contributed by atoms with Crippen molar-refractivity contribution in [2.75, 3.05) is 6.61 Å². The molecule has 0 saturated heterocycles. The first-order valence-corrected chi connectivity index (χ1v) is 6.16. The van der Waals surface area contributed by atoms with Gasteiger partial charge in [0.15, 0.2) is 0 Å². The van der Waals surface area contributed by atoms with Crippen LogP contribution in [0.4, 0.5) is 0 Å². The number of hydrogen-bond acceptors (Lipinski definition) is 3. The van der Waals surface area contributed by atoms with Crippen LogP contribution in [-0.2, 0) is 4.84 Å². The molecule has 2 rings (SSSR count). The third kappa shape index (κ3) is 2.61. The summed E-state index contributed by atoms with van der Waals surface area (Å²) in [6, 6.07) is 8.19. The summed E-state index contributed by atoms with van der Waals surface area (Å²) in [4.78, 5) is 5.54. The number of para-hydroxylation sites is 1. The molecule has 1 N–H and O–H groups in total. The van der Waals surface area contributed by atoms with Gasteiger partial charge in [0.2, 0.25) is 0 Å². The zero-order chi connectivity index (χ0) is 12.5. The van der Waals surface area contributed by atoms with Crippen molar-refractivity contribution in [1.82, 2.24) is 5.48 Å². The van der Waals surface area contributed by atoms with Gasteiger partial charge in [0, 0.05) is 5.56 Å². The van der Waals surface area contributed by atoms with Gasteiger partial charge in [-0.1, -0.05) is 32.0 Å². The zero-order valence-electron chi connectivity index (χ0n) is 11.0. The molecule has 0 spiro atoms. The van der Waals surface area contributed by atoms with E-state index in [-0.39, 0.29) is 11.6 Å². The SMILES string of the molecule is CC(C)CONC1c2ccccc2OC1(C)C. The Morgan fingerprint density at radius 2 is 2.06 bits per heavy atom. The molecule has 1 aliphatic heterocycles. The quantitative estimate of drug-likeness (QED) is 0.813. The fourth-order valence-corrected chi connectivity index (χ4v) is 2.03. The van der Waals surface area contributed by atoms with Crippen molar-refractivity contribution in [2.45, 2.75) is 39.3 Å². The van der Waals surface area contributed by atoms with E-state index in [1.165, 1.54) is 5.56 Å². The fourth-order valence-electron chi connectivity index (χ4n) is 2.03. The Morgan fingerprint density at radius 3 is 2.76 bits per heavy atom. The van der Waals surface area contributed by atoms with Crippen LogP contribution in [0.15, 0.2) is 24.3 Å². The van der Waals surface area contributed by atoms with Crippen molar-refractivity contribution in [3.63, 3.8) is 0 Å². The summed E-state index contributed by atoms with van der Waals surface area (Å²) in [6.45, 7) is 9.11. The van der Waals surface area contributed by atoms with E-state index in [9.17, 15) is 0 Å². The fraction of sp³-hybridized carbons (Fsp3) is 0.571. The summed E-state index contributed by atoms with van der Waals surface area (Å²) >= 11 is 0. The standard InChI is InChI=1S/C14H21NO2/c1-10(2)9-16-15-13-11-7-5-6-8-12(11)17-14(13,3)4/h5-8,10,13,15H,9H2,1-4H3. The van der Waals surface area contributed by atoms with Crippen molar-refractivity contribution < 1.29 is 9.57 Å². The Hall–Kier alpha value is -1.06. The molecule has 3 heteroatoms. The van der Waals surface area contributed by atoms with Crippen molar-refractivity contribution >= 4 is 0 Å². The smallest absolute Gasteiger partial charge is 0.125 e. The van der Waals surface area contributed by atoms with E-state index in [0.717, 1.165) is 5.75 Å². The molecule has 94 valence electrons. The number of ether oxygens (including phenoxy) is 1. The lowest BCUT2D eigenvalue weighted by molar-refractivity contribution is -0.0409. The molecule has 0 amide bonds. The molecule has 0 aromatic heterocycles. The van der Waals surface area contributed by atoms with E-state index in [2.05, 4.69) is 39.2 Å². The van der Waals surface area contributed by atoms with Crippen molar-refractivity contribution in [1.29, 1.82) is 0 Å². The second kappa shape index (κ2) is 4.67. The predicted molar refractivity (Wildman–Crippen MR) is 67.8 cm³/mol. The monoisotopic (exact) mass is 235 g/mol. The maximum Gasteiger partial charge on any atom is 0.125 e. The molecule has 1 unspecified atom stereocenters. The first-order valence-electron chi connectivity index (χ1n) is 6.16. The lowest BCUT2D eigenvalue weighted by Gasteiger charge is -2.27. The predicted octanol–water partition coefficient (Wildman–Crippen LogP) is 3.08. The summed E-state index contributed by atoms with van der Waals surface area (Å²) in [5.41, 5.74) is 4.03. The summed E-state index contributed by atoms with van der Waals surface area (Å²) in [6.07, 6.45) is 0. The highest BCUT2D eigenvalue weighted by molar-refractivity contribution is 5.41. The highest BCUT2D eigenvalue weighted by atomic mass is 16.6. The number of hydrogen-bond donors (Lipinski definition) is 1. The molecule has 0 fully saturated rings. The molecule has 1 aromatic rings. The number of rotatable bonds is 4. The molecule has 1 aliphatic rings. The molecular weight excluding hydrogens is 214 g/mol. The molecular formula is C14H21NO2. The van der Waals surface area contributed by atoms with Crippen LogP contribution in [-0.4, -0.2) is 12.2 Å². The van der Waals surface area contributed by atoms with Gasteiger partial charge in [0.25, 0.3) is 0 Å². The van der Waals surface area contributed by atoms with Gasteiger partial charge in [0.05, 0.1) is 12.6 Å². The lowest BCUT2D eigenvalue weighted by Crippen LogP contribution is -2.39. The Kier molecular flexibility index (Phi) is 3.40. The average Bonchev–Trinajstić information content (AvgIpc) is 2.49. The van der Waals surface area contributed by atoms with E-state index < -0.39 is 0 Å². The first kappa shape index (κ1) is 12.4. The summed E-state index contributed by atoms with van der Waals surface area (Å²) in [5.74, 6) is 1.46. The molecule has 0 saturated carbocycles. The Balaban J connectivity index is 2.09. The van der Waals surface area contributed by atoms with Crippen molar-refractivity contribution in [2.24, 2.45) is 5.92 Å². The van der Waals surface area contributed by atoms with Crippen LogP contribution >= 0.6 is 0 Å². The highest BCUT2D eigenvalue weighted by Gasteiger charge is 2.41. The largest absolute Gasteiger partial charge is 0.485 e. The minimum absolute atomic E-state index is 0.0810. The van der Waals surface area contributed by atoms with Gasteiger partial charge in [-0.2, -0.15) is 5.48 Å². The van der Waals surface area contributed by atoms with Crippen LogP contribution < -0.4 is 10.2 Å². The normalized spacial score (nSPS) is 21.4. The van der Waals surface area contributed by atoms with Gasteiger partial charge in [-0.15, -0.1) is 0 Å². The van der Waals surface area contributed by atoms with Gasteiger partial charge in [-0.25, -0.2) is 0 Å². The lowest BCUT2D eigenvalue weighted by atomic mass is 9.95. The zero-order valence-corrected chi connectivity index (χ0v) is 11.0. The number of hydroxylamine groups is 1. The molecule has 1 atom stereocenters. The van der Waals surface area contributed by atoms with Crippen molar-refractivity contribution in [3.8, 4) is 5.75 Å². The third-order valence-electron chi connectivity index (χ3n) is 2.92. The highest BCUT2D eigenvalue weighted by Crippen LogP contribution is 2.42. The first-order chi connectivity index (χ1) is 8.00. The number of fused-ring (bicyclic) bond motifs is 1. The van der Waals surface area contributed by atoms with Crippen LogP contribution in [0.1, 0.15) is 39.3 Å². The van der Waals surface area contributed by atoms with Crippen LogP contribution in [0.25, 0.3) is 0 Å². The van der Waals surface area contributed by atoms with Crippen LogP contribution in [0.2, 0.25) is 0 Å². The number of benzene rings is 1. The topological polar surface area (TPSA) is 30.5 Å². The molecule has 17 heavy (non-hydrogen) atoms. The van der Waals surface area contributed by atoms with Gasteiger partial charge in [-0.3, -0.25) is 0 Å². The van der Waals surface area contributed by atoms with Crippen molar-refractivity contribution in [3.05, 3.63) is 29.8 Å². The molecule has 1 heterocycles. The van der Waals surface area contributed by atoms with Crippen LogP contribution in [0, 0.1) is 5.92 Å². The molecule has 1 aromatic carbocycles. The summed E-state index contributed by atoms with van der Waals surface area (Å²) in [5, 5.41) is 0. The second-order valence-electron chi connectivity index (χ2n) is 5.50. The molecule has 0 bridgehead atoms. The molecule has 0 aliphatic carbocycles. The van der Waals surface area contributed by atoms with E-state index in [1.807, 2.05) is 18.2 Å². The van der Waals surface area contributed by atoms with Gasteiger partial charge in [0.1, 0.15) is 11.4 Å². The van der Waals surface area contributed by atoms with Gasteiger partial charge < -0.3 is 9.57 Å². The summed E-state index contributed by atoms with van der Waals surface area (Å²) in [7, 11) is 0. The van der Waals surface area contributed by atoms with Crippen LogP contribution in [0.3, 0.4) is 0 Å². The van der Waals surface area contributed by atoms with E-state index >= 15 is 0 Å². The Labute approximate surface area is 103 Å². The minimum atomic E-state index is -0.277. The Morgan fingerprint density at radius 1 is 1.35 bits per heavy atom. The average molecular weight is 235 g/mol. The van der Waals surface area contributed by atoms with Gasteiger partial charge >= 0.3 is 0 Å². The molecule has 3 nitrogen and oxygen atoms in total. The van der Waals surface area contributed by atoms with E-state index in [1.54, 1.807) is 0 Å². The maximum atomic E-state index is 5.92. The third-order valence-corrected chi connectivity index (χ3v) is 2.92. The maximum absolute atomic E-state index is 5.92. The number of nitrogens with one attached hydrogen (secondary N) is 1. The summed E-state index contributed by atoms with van der Waals surface area (Å²) < 4.78 is 5.92. The van der Waals surface area contributed by atoms with Gasteiger partial charge in [-0.05, 0) is 25.8 Å². The minimum Gasteiger partial charge on any atom is -0.485 e. The molecule has 0 radical (unpaired) electrons. The van der Waals surface area contributed by atoms with E-state index in [4.69, 9.17) is 9.57 Å². The second-order valence-corrected chi connectivity index (χ2v) is 5.50.